The smallest absolute Gasteiger partial charge is 0.251 e. The van der Waals surface area contributed by atoms with Crippen molar-refractivity contribution in [2.24, 2.45) is 11.7 Å². The van der Waals surface area contributed by atoms with Crippen LogP contribution < -0.4 is 5.73 Å². The molecule has 0 unspecified atom stereocenters. The van der Waals surface area contributed by atoms with Gasteiger partial charge in [-0.1, -0.05) is 25.3 Å². The molecule has 2 heterocycles. The summed E-state index contributed by atoms with van der Waals surface area (Å²) in [6.45, 7) is 1.17. The van der Waals surface area contributed by atoms with Crippen LogP contribution in [-0.2, 0) is 5.54 Å². The highest BCUT2D eigenvalue weighted by Gasteiger charge is 2.56. The maximum absolute atomic E-state index is 11.7. The van der Waals surface area contributed by atoms with Crippen molar-refractivity contribution in [3.8, 4) is 0 Å². The molecule has 0 radical (unpaired) electrons. The Balaban J connectivity index is 1.59. The van der Waals surface area contributed by atoms with Gasteiger partial charge in [-0.25, -0.2) is 4.98 Å². The third-order valence-electron chi connectivity index (χ3n) is 6.70. The Morgan fingerprint density at radius 3 is 2.84 bits per heavy atom. The number of nitrogens with two attached hydrogens (primary N) is 1. The van der Waals surface area contributed by atoms with Crippen molar-refractivity contribution in [2.75, 3.05) is 6.54 Å². The summed E-state index contributed by atoms with van der Waals surface area (Å²) in [6, 6.07) is 6.10. The number of carbonyl (C=O) groups excluding carboxylic acids is 1. The van der Waals surface area contributed by atoms with Crippen LogP contribution in [0.15, 0.2) is 22.6 Å². The molecule has 5 nitrogen and oxygen atoms in total. The Morgan fingerprint density at radius 1 is 1.24 bits per heavy atom. The molecule has 3 fully saturated rings. The number of oxazole rings is 1. The van der Waals surface area contributed by atoms with E-state index in [-0.39, 0.29) is 5.54 Å². The van der Waals surface area contributed by atoms with Crippen molar-refractivity contribution in [3.63, 3.8) is 0 Å². The van der Waals surface area contributed by atoms with Crippen LogP contribution in [0.5, 0.6) is 0 Å². The van der Waals surface area contributed by atoms with E-state index >= 15 is 0 Å². The van der Waals surface area contributed by atoms with Gasteiger partial charge >= 0.3 is 0 Å². The van der Waals surface area contributed by atoms with Gasteiger partial charge in [0.1, 0.15) is 5.52 Å². The lowest BCUT2D eigenvalue weighted by Gasteiger charge is -2.43. The molecule has 2 N–H and O–H groups in total. The van der Waals surface area contributed by atoms with Crippen molar-refractivity contribution in [1.29, 1.82) is 0 Å². The highest BCUT2D eigenvalue weighted by atomic mass is 16.4. The number of para-hydroxylation sites is 1. The Morgan fingerprint density at radius 2 is 2.08 bits per heavy atom. The van der Waals surface area contributed by atoms with Gasteiger partial charge in [-0.2, -0.15) is 0 Å². The molecular formula is C20H25N3O2. The minimum absolute atomic E-state index is 0.0688. The van der Waals surface area contributed by atoms with Gasteiger partial charge in [0.2, 0.25) is 5.89 Å². The lowest BCUT2D eigenvalue weighted by atomic mass is 9.88. The van der Waals surface area contributed by atoms with Gasteiger partial charge < -0.3 is 10.2 Å². The number of hydrogen-bond donors (Lipinski definition) is 1. The van der Waals surface area contributed by atoms with Gasteiger partial charge in [0.05, 0.1) is 11.1 Å². The van der Waals surface area contributed by atoms with Crippen LogP contribution in [0.2, 0.25) is 0 Å². The fourth-order valence-electron chi connectivity index (χ4n) is 5.55. The normalized spacial score (nSPS) is 30.3. The highest BCUT2D eigenvalue weighted by molar-refractivity contribution is 6.03. The van der Waals surface area contributed by atoms with E-state index in [4.69, 9.17) is 15.1 Å². The molecule has 2 saturated carbocycles. The number of nitrogens with zero attached hydrogens (tertiary/aromatic N) is 2. The molecule has 5 heteroatoms. The largest absolute Gasteiger partial charge is 0.439 e. The molecular weight excluding hydrogens is 314 g/mol. The first-order chi connectivity index (χ1) is 12.2. The summed E-state index contributed by atoms with van der Waals surface area (Å²) in [5, 5.41) is 0. The van der Waals surface area contributed by atoms with E-state index in [1.54, 1.807) is 6.07 Å². The van der Waals surface area contributed by atoms with E-state index in [1.165, 1.54) is 45.1 Å². The predicted octanol–water partition coefficient (Wildman–Crippen LogP) is 3.57. The number of rotatable bonds is 3. The van der Waals surface area contributed by atoms with Crippen molar-refractivity contribution in [2.45, 2.75) is 62.9 Å². The molecule has 2 aliphatic carbocycles. The Labute approximate surface area is 147 Å². The van der Waals surface area contributed by atoms with Gasteiger partial charge in [0.15, 0.2) is 5.58 Å². The van der Waals surface area contributed by atoms with E-state index in [1.807, 2.05) is 12.1 Å². The number of aromatic nitrogens is 1. The second-order valence-corrected chi connectivity index (χ2v) is 8.12. The molecule has 5 rings (SSSR count). The van der Waals surface area contributed by atoms with Crippen LogP contribution in [0.3, 0.4) is 0 Å². The monoisotopic (exact) mass is 339 g/mol. The number of piperidine rings is 1. The summed E-state index contributed by atoms with van der Waals surface area (Å²) >= 11 is 0. The Hall–Kier alpha value is -1.88. The fourth-order valence-corrected chi connectivity index (χ4v) is 5.55. The minimum Gasteiger partial charge on any atom is -0.439 e. The number of primary amides is 1. The van der Waals surface area contributed by atoms with Crippen LogP contribution in [0.1, 0.15) is 67.6 Å². The van der Waals surface area contributed by atoms with Crippen LogP contribution >= 0.6 is 0 Å². The standard InChI is InChI=1S/C20H25N3O2/c21-18(24)15-7-4-8-16-17(15)22-19(25-16)20-10-9-13(11-20)12-23(20)14-5-2-1-3-6-14/h4,7-8,13-14H,1-3,5-6,9-12H2,(H2,21,24)/t13-,20-/m0/s1. The fraction of sp³-hybridized carbons (Fsp3) is 0.600. The molecule has 2 atom stereocenters. The van der Waals surface area contributed by atoms with Crippen LogP contribution in [0, 0.1) is 5.92 Å². The van der Waals surface area contributed by atoms with Gasteiger partial charge in [-0.05, 0) is 50.2 Å². The lowest BCUT2D eigenvalue weighted by Crippen LogP contribution is -2.49. The second kappa shape index (κ2) is 5.56. The van der Waals surface area contributed by atoms with Gasteiger partial charge in [0, 0.05) is 12.6 Å². The maximum Gasteiger partial charge on any atom is 0.251 e. The molecule has 1 aliphatic heterocycles. The average molecular weight is 339 g/mol. The molecule has 3 aliphatic rings. The molecule has 1 saturated heterocycles. The van der Waals surface area contributed by atoms with E-state index in [0.717, 1.165) is 24.7 Å². The van der Waals surface area contributed by atoms with Crippen LogP contribution in [0.4, 0.5) is 0 Å². The third kappa shape index (κ3) is 2.25. The summed E-state index contributed by atoms with van der Waals surface area (Å²) in [5.74, 6) is 1.12. The number of likely N-dealkylation sites (tertiary alicyclic amines) is 1. The first-order valence-corrected chi connectivity index (χ1v) is 9.64. The summed E-state index contributed by atoms with van der Waals surface area (Å²) in [4.78, 5) is 19.3. The number of amides is 1. The van der Waals surface area contributed by atoms with Gasteiger partial charge in [0.25, 0.3) is 5.91 Å². The molecule has 2 aromatic rings. The third-order valence-corrected chi connectivity index (χ3v) is 6.70. The first-order valence-electron chi connectivity index (χ1n) is 9.64. The van der Waals surface area contributed by atoms with Crippen molar-refractivity contribution < 1.29 is 9.21 Å². The van der Waals surface area contributed by atoms with E-state index in [9.17, 15) is 4.79 Å². The van der Waals surface area contributed by atoms with Crippen LogP contribution in [-0.4, -0.2) is 28.4 Å². The average Bonchev–Trinajstić information content (AvgIpc) is 3.34. The number of fused-ring (bicyclic) bond motifs is 3. The molecule has 0 spiro atoms. The summed E-state index contributed by atoms with van der Waals surface area (Å²) in [7, 11) is 0. The van der Waals surface area contributed by atoms with E-state index < -0.39 is 5.91 Å². The topological polar surface area (TPSA) is 72.4 Å². The zero-order valence-corrected chi connectivity index (χ0v) is 14.5. The zero-order chi connectivity index (χ0) is 17.0. The summed E-state index contributed by atoms with van der Waals surface area (Å²) < 4.78 is 6.22. The molecule has 25 heavy (non-hydrogen) atoms. The maximum atomic E-state index is 11.7. The molecule has 2 bridgehead atoms. The quantitative estimate of drug-likeness (QED) is 0.928. The summed E-state index contributed by atoms with van der Waals surface area (Å²) in [6.07, 6.45) is 10.1. The Kier molecular flexibility index (Phi) is 3.42. The number of carbonyl (C=O) groups is 1. The molecule has 1 aromatic heterocycles. The van der Waals surface area contributed by atoms with Crippen molar-refractivity contribution >= 4 is 17.0 Å². The van der Waals surface area contributed by atoms with Gasteiger partial charge in [-0.15, -0.1) is 0 Å². The second-order valence-electron chi connectivity index (χ2n) is 8.12. The number of benzene rings is 1. The number of hydrogen-bond acceptors (Lipinski definition) is 4. The first kappa shape index (κ1) is 15.4. The van der Waals surface area contributed by atoms with Crippen molar-refractivity contribution in [1.82, 2.24) is 9.88 Å². The lowest BCUT2D eigenvalue weighted by molar-refractivity contribution is 0.0279. The molecule has 132 valence electrons. The van der Waals surface area contributed by atoms with E-state index in [0.29, 0.717) is 22.7 Å². The molecule has 1 amide bonds. The predicted molar refractivity (Wildman–Crippen MR) is 95.1 cm³/mol. The molecule has 1 aromatic carbocycles. The SMILES string of the molecule is NC(=O)c1cccc2oc([C@@]34CC[C@H](CN3C3CCCCC3)C4)nc12. The van der Waals surface area contributed by atoms with E-state index in [2.05, 4.69) is 4.90 Å². The van der Waals surface area contributed by atoms with Crippen LogP contribution in [0.25, 0.3) is 11.1 Å². The van der Waals surface area contributed by atoms with Crippen molar-refractivity contribution in [3.05, 3.63) is 29.7 Å². The Bertz CT molecular complexity index is 823. The highest BCUT2D eigenvalue weighted by Crippen LogP contribution is 2.55. The zero-order valence-electron chi connectivity index (χ0n) is 14.5. The summed E-state index contributed by atoms with van der Waals surface area (Å²) in [5.41, 5.74) is 7.22. The van der Waals surface area contributed by atoms with Gasteiger partial charge in [-0.3, -0.25) is 9.69 Å². The minimum atomic E-state index is -0.442.